The van der Waals surface area contributed by atoms with Crippen molar-refractivity contribution in [3.05, 3.63) is 62.7 Å². The van der Waals surface area contributed by atoms with Crippen molar-refractivity contribution in [2.75, 3.05) is 5.73 Å². The average Bonchev–Trinajstić information content (AvgIpc) is 2.50. The molecule has 0 unspecified atom stereocenters. The molecule has 4 N–H and O–H groups in total. The SMILES string of the molecule is Nc1ccc(C(=O)N/N=C\c2cc(Cl)cc([N+](=O)[O-])c2O)cc1. The molecule has 0 radical (unpaired) electrons. The van der Waals surface area contributed by atoms with Gasteiger partial charge in [0.1, 0.15) is 0 Å². The molecular formula is C14H11ClN4O4. The van der Waals surface area contributed by atoms with Gasteiger partial charge in [-0.3, -0.25) is 14.9 Å². The highest BCUT2D eigenvalue weighted by Gasteiger charge is 2.17. The summed E-state index contributed by atoms with van der Waals surface area (Å²) in [7, 11) is 0. The van der Waals surface area contributed by atoms with Gasteiger partial charge in [-0.25, -0.2) is 5.43 Å². The Kier molecular flexibility index (Phi) is 4.77. The number of carbonyl (C=O) groups excluding carboxylic acids is 1. The maximum atomic E-state index is 11.8. The standard InChI is InChI=1S/C14H11ClN4O4/c15-10-5-9(13(20)12(6-10)19(22)23)7-17-18-14(21)8-1-3-11(16)4-2-8/h1-7,20H,16H2,(H,18,21)/b17-7-. The first-order valence-corrected chi connectivity index (χ1v) is 6.62. The minimum absolute atomic E-state index is 0.00167. The van der Waals surface area contributed by atoms with E-state index in [1.807, 2.05) is 0 Å². The van der Waals surface area contributed by atoms with E-state index in [2.05, 4.69) is 10.5 Å². The molecule has 1 amide bonds. The van der Waals surface area contributed by atoms with E-state index in [1.54, 1.807) is 12.1 Å². The zero-order valence-corrected chi connectivity index (χ0v) is 12.3. The summed E-state index contributed by atoms with van der Waals surface area (Å²) in [6.45, 7) is 0. The molecule has 0 atom stereocenters. The Hall–Kier alpha value is -3.13. The lowest BCUT2D eigenvalue weighted by atomic mass is 10.2. The van der Waals surface area contributed by atoms with Crippen LogP contribution in [-0.2, 0) is 0 Å². The van der Waals surface area contributed by atoms with E-state index in [4.69, 9.17) is 17.3 Å². The van der Waals surface area contributed by atoms with Crippen molar-refractivity contribution >= 4 is 35.1 Å². The number of amides is 1. The number of phenols is 1. The van der Waals surface area contributed by atoms with Gasteiger partial charge in [-0.05, 0) is 30.3 Å². The van der Waals surface area contributed by atoms with Crippen LogP contribution in [0, 0.1) is 10.1 Å². The molecular weight excluding hydrogens is 324 g/mol. The second-order valence-electron chi connectivity index (χ2n) is 4.44. The van der Waals surface area contributed by atoms with Gasteiger partial charge < -0.3 is 10.8 Å². The molecule has 0 aliphatic heterocycles. The third-order valence-electron chi connectivity index (χ3n) is 2.82. The Morgan fingerprint density at radius 1 is 1.35 bits per heavy atom. The van der Waals surface area contributed by atoms with Crippen LogP contribution in [0.2, 0.25) is 5.02 Å². The van der Waals surface area contributed by atoms with Gasteiger partial charge in [-0.2, -0.15) is 5.10 Å². The van der Waals surface area contributed by atoms with Crippen molar-refractivity contribution in [2.45, 2.75) is 0 Å². The van der Waals surface area contributed by atoms with Crippen LogP contribution in [0.3, 0.4) is 0 Å². The van der Waals surface area contributed by atoms with Gasteiger partial charge in [0.2, 0.25) is 5.75 Å². The van der Waals surface area contributed by atoms with Crippen molar-refractivity contribution in [3.63, 3.8) is 0 Å². The number of halogens is 1. The van der Waals surface area contributed by atoms with Gasteiger partial charge in [0.05, 0.1) is 11.1 Å². The predicted molar refractivity (Wildman–Crippen MR) is 85.7 cm³/mol. The minimum atomic E-state index is -0.772. The number of nitrogens with two attached hydrogens (primary N) is 1. The highest BCUT2D eigenvalue weighted by atomic mass is 35.5. The average molecular weight is 335 g/mol. The number of nitrogen functional groups attached to an aromatic ring is 1. The largest absolute Gasteiger partial charge is 0.502 e. The molecule has 0 aromatic heterocycles. The van der Waals surface area contributed by atoms with E-state index in [-0.39, 0.29) is 10.6 Å². The van der Waals surface area contributed by atoms with Gasteiger partial charge in [-0.15, -0.1) is 0 Å². The highest BCUT2D eigenvalue weighted by Crippen LogP contribution is 2.32. The number of rotatable bonds is 4. The fraction of sp³-hybridized carbons (Fsp3) is 0. The number of hydrazone groups is 1. The van der Waals surface area contributed by atoms with Crippen molar-refractivity contribution in [1.82, 2.24) is 5.43 Å². The van der Waals surface area contributed by atoms with E-state index >= 15 is 0 Å². The first-order valence-electron chi connectivity index (χ1n) is 6.24. The molecule has 8 nitrogen and oxygen atoms in total. The van der Waals surface area contributed by atoms with E-state index < -0.39 is 22.3 Å². The molecule has 118 valence electrons. The van der Waals surface area contributed by atoms with Gasteiger partial charge in [0, 0.05) is 27.9 Å². The Balaban J connectivity index is 2.16. The molecule has 0 aliphatic carbocycles. The zero-order valence-electron chi connectivity index (χ0n) is 11.6. The second-order valence-corrected chi connectivity index (χ2v) is 4.88. The number of nitro benzene ring substituents is 1. The van der Waals surface area contributed by atoms with Gasteiger partial charge in [0.15, 0.2) is 0 Å². The summed E-state index contributed by atoms with van der Waals surface area (Å²) < 4.78 is 0. The first kappa shape index (κ1) is 16.2. The van der Waals surface area contributed by atoms with Crippen molar-refractivity contribution in [3.8, 4) is 5.75 Å². The Bertz CT molecular complexity index is 790. The van der Waals surface area contributed by atoms with Crippen molar-refractivity contribution in [2.24, 2.45) is 5.10 Å². The molecule has 0 aliphatic rings. The molecule has 9 heteroatoms. The number of nitrogens with one attached hydrogen (secondary N) is 1. The smallest absolute Gasteiger partial charge is 0.312 e. The molecule has 0 bridgehead atoms. The van der Waals surface area contributed by atoms with Crippen LogP contribution in [0.5, 0.6) is 5.75 Å². The van der Waals surface area contributed by atoms with Crippen LogP contribution in [0.1, 0.15) is 15.9 Å². The molecule has 0 heterocycles. The lowest BCUT2D eigenvalue weighted by Gasteiger charge is -2.02. The fourth-order valence-corrected chi connectivity index (χ4v) is 1.92. The predicted octanol–water partition coefficient (Wildman–Crippen LogP) is 2.30. The lowest BCUT2D eigenvalue weighted by Crippen LogP contribution is -2.17. The monoisotopic (exact) mass is 334 g/mol. The summed E-state index contributed by atoms with van der Waals surface area (Å²) in [6, 6.07) is 8.45. The molecule has 23 heavy (non-hydrogen) atoms. The van der Waals surface area contributed by atoms with E-state index in [0.29, 0.717) is 11.3 Å². The maximum absolute atomic E-state index is 11.8. The number of aromatic hydroxyl groups is 1. The van der Waals surface area contributed by atoms with Crippen LogP contribution in [0.25, 0.3) is 0 Å². The highest BCUT2D eigenvalue weighted by molar-refractivity contribution is 6.31. The second kappa shape index (κ2) is 6.75. The van der Waals surface area contributed by atoms with E-state index in [0.717, 1.165) is 12.3 Å². The quantitative estimate of drug-likeness (QED) is 0.341. The molecule has 0 fully saturated rings. The summed E-state index contributed by atoms with van der Waals surface area (Å²) in [5.41, 5.74) is 8.04. The maximum Gasteiger partial charge on any atom is 0.312 e. The Labute approximate surface area is 135 Å². The van der Waals surface area contributed by atoms with E-state index in [9.17, 15) is 20.0 Å². The lowest BCUT2D eigenvalue weighted by molar-refractivity contribution is -0.385. The third-order valence-corrected chi connectivity index (χ3v) is 3.04. The minimum Gasteiger partial charge on any atom is -0.502 e. The summed E-state index contributed by atoms with van der Waals surface area (Å²) >= 11 is 5.74. The van der Waals surface area contributed by atoms with Crippen LogP contribution in [-0.4, -0.2) is 22.2 Å². The normalized spacial score (nSPS) is 10.7. The van der Waals surface area contributed by atoms with Crippen LogP contribution >= 0.6 is 11.6 Å². The number of phenolic OH excluding ortho intramolecular Hbond substituents is 1. The summed E-state index contributed by atoms with van der Waals surface area (Å²) in [4.78, 5) is 21.8. The summed E-state index contributed by atoms with van der Waals surface area (Å²) in [6.07, 6.45) is 1.06. The number of carbonyl (C=O) groups is 1. The molecule has 0 spiro atoms. The summed E-state index contributed by atoms with van der Waals surface area (Å²) in [5, 5.41) is 24.3. The number of anilines is 1. The molecule has 0 saturated heterocycles. The molecule has 2 aromatic rings. The van der Waals surface area contributed by atoms with Crippen molar-refractivity contribution < 1.29 is 14.8 Å². The first-order chi connectivity index (χ1) is 10.9. The van der Waals surface area contributed by atoms with Gasteiger partial charge >= 0.3 is 5.69 Å². The van der Waals surface area contributed by atoms with E-state index in [1.165, 1.54) is 18.2 Å². The van der Waals surface area contributed by atoms with Crippen molar-refractivity contribution in [1.29, 1.82) is 0 Å². The van der Waals surface area contributed by atoms with Crippen LogP contribution in [0.15, 0.2) is 41.5 Å². The number of hydrogen-bond donors (Lipinski definition) is 3. The number of hydrogen-bond acceptors (Lipinski definition) is 6. The van der Waals surface area contributed by atoms with Crippen LogP contribution in [0.4, 0.5) is 11.4 Å². The fourth-order valence-electron chi connectivity index (χ4n) is 1.70. The van der Waals surface area contributed by atoms with Crippen LogP contribution < -0.4 is 11.2 Å². The number of nitro groups is 1. The number of benzene rings is 2. The van der Waals surface area contributed by atoms with Gasteiger partial charge in [-0.1, -0.05) is 11.6 Å². The Morgan fingerprint density at radius 2 is 2.00 bits per heavy atom. The van der Waals surface area contributed by atoms with Gasteiger partial charge in [0.25, 0.3) is 5.91 Å². The topological polar surface area (TPSA) is 131 Å². The molecule has 0 saturated carbocycles. The third kappa shape index (κ3) is 3.95. The molecule has 2 rings (SSSR count). The zero-order chi connectivity index (χ0) is 17.0. The summed E-state index contributed by atoms with van der Waals surface area (Å²) in [5.74, 6) is -1.10. The number of nitrogens with zero attached hydrogens (tertiary/aromatic N) is 2. The molecule has 2 aromatic carbocycles. The Morgan fingerprint density at radius 3 is 2.61 bits per heavy atom.